The van der Waals surface area contributed by atoms with Gasteiger partial charge in [0.2, 0.25) is 0 Å². The van der Waals surface area contributed by atoms with Gasteiger partial charge in [-0.2, -0.15) is 0 Å². The van der Waals surface area contributed by atoms with Crippen molar-refractivity contribution in [3.05, 3.63) is 36.2 Å². The number of aromatic nitrogens is 2. The predicted molar refractivity (Wildman–Crippen MR) is 54.0 cm³/mol. The van der Waals surface area contributed by atoms with E-state index >= 15 is 0 Å². The molecule has 14 heavy (non-hydrogen) atoms. The molecular weight excluding hydrogens is 196 g/mol. The van der Waals surface area contributed by atoms with Gasteiger partial charge in [-0.15, -0.1) is 11.3 Å². The van der Waals surface area contributed by atoms with Crippen LogP contribution in [-0.2, 0) is 0 Å². The first-order chi connectivity index (χ1) is 6.95. The minimum absolute atomic E-state index is 0.748. The summed E-state index contributed by atoms with van der Waals surface area (Å²) < 4.78 is 5.10. The van der Waals surface area contributed by atoms with Crippen LogP contribution in [-0.4, -0.2) is 9.97 Å². The van der Waals surface area contributed by atoms with Gasteiger partial charge in [-0.25, -0.2) is 9.97 Å². The first-order valence-electron chi connectivity index (χ1n) is 4.10. The number of para-hydroxylation sites is 1. The highest BCUT2D eigenvalue weighted by Gasteiger charge is 2.08. The molecule has 0 saturated carbocycles. The summed E-state index contributed by atoms with van der Waals surface area (Å²) in [5.41, 5.74) is 2.57. The van der Waals surface area contributed by atoms with Crippen molar-refractivity contribution in [2.45, 2.75) is 0 Å². The molecule has 4 heteroatoms. The molecule has 3 nitrogen and oxygen atoms in total. The largest absolute Gasteiger partial charge is 0.432 e. The van der Waals surface area contributed by atoms with Gasteiger partial charge >= 0.3 is 0 Å². The predicted octanol–water partition coefficient (Wildman–Crippen LogP) is 2.75. The molecule has 3 rings (SSSR count). The third kappa shape index (κ3) is 1.04. The van der Waals surface area contributed by atoms with Crippen molar-refractivity contribution < 1.29 is 4.42 Å². The Kier molecular flexibility index (Phi) is 1.61. The molecule has 0 saturated heterocycles. The summed E-state index contributed by atoms with van der Waals surface area (Å²) in [5.74, 6) is 0. The third-order valence-corrected chi connectivity index (χ3v) is 2.78. The van der Waals surface area contributed by atoms with E-state index in [4.69, 9.17) is 4.42 Å². The van der Waals surface area contributed by atoms with Crippen LogP contribution in [0.2, 0.25) is 0 Å². The molecule has 0 unspecified atom stereocenters. The summed E-state index contributed by atoms with van der Waals surface area (Å²) in [6.07, 6.45) is 4.27. The van der Waals surface area contributed by atoms with E-state index in [0.717, 1.165) is 21.7 Å². The van der Waals surface area contributed by atoms with Crippen molar-refractivity contribution in [3.63, 3.8) is 0 Å². The minimum Gasteiger partial charge on any atom is -0.432 e. The van der Waals surface area contributed by atoms with Crippen LogP contribution in [0.1, 0.15) is 0 Å². The molecule has 67 valence electrons. The van der Waals surface area contributed by atoms with Crippen LogP contribution in [0.3, 0.4) is 0 Å². The van der Waals surface area contributed by atoms with Crippen LogP contribution in [0, 0.1) is 6.39 Å². The maximum atomic E-state index is 5.10. The Bertz CT molecular complexity index is 556. The number of benzene rings is 1. The third-order valence-electron chi connectivity index (χ3n) is 1.97. The number of oxazole rings is 1. The smallest absolute Gasteiger partial charge is 0.284 e. The number of hydrogen-bond acceptors (Lipinski definition) is 4. The van der Waals surface area contributed by atoms with Crippen molar-refractivity contribution in [1.82, 2.24) is 9.97 Å². The van der Waals surface area contributed by atoms with Crippen LogP contribution in [0.15, 0.2) is 34.2 Å². The lowest BCUT2D eigenvalue weighted by atomic mass is 10.2. The molecule has 3 aromatic rings. The Hall–Kier alpha value is -1.68. The van der Waals surface area contributed by atoms with Crippen LogP contribution in [0.4, 0.5) is 0 Å². The van der Waals surface area contributed by atoms with E-state index in [1.807, 2.05) is 23.6 Å². The molecule has 0 atom stereocenters. The van der Waals surface area contributed by atoms with Gasteiger partial charge in [-0.05, 0) is 12.1 Å². The van der Waals surface area contributed by atoms with Crippen molar-refractivity contribution in [2.24, 2.45) is 0 Å². The molecule has 0 N–H and O–H groups in total. The number of rotatable bonds is 1. The normalized spacial score (nSPS) is 10.9. The van der Waals surface area contributed by atoms with Gasteiger partial charge in [0, 0.05) is 17.1 Å². The molecule has 0 fully saturated rings. The van der Waals surface area contributed by atoms with E-state index < -0.39 is 0 Å². The highest BCUT2D eigenvalue weighted by Crippen LogP contribution is 2.28. The summed E-state index contributed by atoms with van der Waals surface area (Å²) in [4.78, 5) is 8.29. The van der Waals surface area contributed by atoms with Crippen LogP contribution >= 0.6 is 11.3 Å². The van der Waals surface area contributed by atoms with Crippen molar-refractivity contribution in [1.29, 1.82) is 0 Å². The molecule has 0 bridgehead atoms. The van der Waals surface area contributed by atoms with Crippen LogP contribution in [0.25, 0.3) is 21.7 Å². The fraction of sp³-hybridized carbons (Fsp3) is 0. The maximum absolute atomic E-state index is 5.10. The fourth-order valence-electron chi connectivity index (χ4n) is 1.37. The maximum Gasteiger partial charge on any atom is 0.284 e. The second-order valence-electron chi connectivity index (χ2n) is 2.79. The van der Waals surface area contributed by atoms with Gasteiger partial charge in [0.1, 0.15) is 10.5 Å². The SMILES string of the molecule is [c]1nc2c(-c3nccs3)cccc2o1. The highest BCUT2D eigenvalue weighted by molar-refractivity contribution is 7.13. The van der Waals surface area contributed by atoms with Gasteiger partial charge in [-0.3, -0.25) is 0 Å². The van der Waals surface area contributed by atoms with E-state index in [1.165, 1.54) is 0 Å². The summed E-state index contributed by atoms with van der Waals surface area (Å²) in [6.45, 7) is 0. The zero-order valence-electron chi connectivity index (χ0n) is 7.10. The van der Waals surface area contributed by atoms with Gasteiger partial charge in [0.15, 0.2) is 5.58 Å². The lowest BCUT2D eigenvalue weighted by molar-refractivity contribution is 0.591. The van der Waals surface area contributed by atoms with E-state index in [2.05, 4.69) is 16.4 Å². The lowest BCUT2D eigenvalue weighted by Gasteiger charge is -1.95. The molecule has 2 aromatic heterocycles. The standard InChI is InChI=1S/C10H5N2OS/c1-2-7(10-11-4-5-14-10)9-8(3-1)13-6-12-9/h1-5H. The topological polar surface area (TPSA) is 38.9 Å². The van der Waals surface area contributed by atoms with Crippen molar-refractivity contribution >= 4 is 22.4 Å². The molecule has 1 radical (unpaired) electrons. The zero-order valence-corrected chi connectivity index (χ0v) is 7.91. The summed E-state index contributed by atoms with van der Waals surface area (Å²) in [7, 11) is 0. The summed E-state index contributed by atoms with van der Waals surface area (Å²) in [5, 5.41) is 2.90. The molecule has 1 aromatic carbocycles. The van der Waals surface area contributed by atoms with E-state index in [1.54, 1.807) is 17.5 Å². The quantitative estimate of drug-likeness (QED) is 0.607. The average molecular weight is 201 g/mol. The number of thiazole rings is 1. The van der Waals surface area contributed by atoms with Gasteiger partial charge in [-0.1, -0.05) is 6.07 Å². The molecule has 0 aliphatic carbocycles. The Balaban J connectivity index is 2.36. The molecule has 2 heterocycles. The fourth-order valence-corrected chi connectivity index (χ4v) is 2.03. The number of fused-ring (bicyclic) bond motifs is 1. The highest BCUT2D eigenvalue weighted by atomic mass is 32.1. The molecule has 0 aliphatic rings. The van der Waals surface area contributed by atoms with Gasteiger partial charge in [0.25, 0.3) is 6.39 Å². The van der Waals surface area contributed by atoms with Gasteiger partial charge in [0.05, 0.1) is 0 Å². The van der Waals surface area contributed by atoms with Crippen LogP contribution in [0.5, 0.6) is 0 Å². The van der Waals surface area contributed by atoms with E-state index in [9.17, 15) is 0 Å². The minimum atomic E-state index is 0.748. The molecular formula is C10H5N2OS. The first kappa shape index (κ1) is 7.70. The molecule has 0 aliphatic heterocycles. The monoisotopic (exact) mass is 201 g/mol. The Morgan fingerprint density at radius 3 is 3.21 bits per heavy atom. The van der Waals surface area contributed by atoms with Crippen molar-refractivity contribution in [2.75, 3.05) is 0 Å². The van der Waals surface area contributed by atoms with Crippen LogP contribution < -0.4 is 0 Å². The Morgan fingerprint density at radius 1 is 1.36 bits per heavy atom. The average Bonchev–Trinajstić information content (AvgIpc) is 2.88. The van der Waals surface area contributed by atoms with Gasteiger partial charge < -0.3 is 4.42 Å². The van der Waals surface area contributed by atoms with E-state index in [-0.39, 0.29) is 0 Å². The second-order valence-corrected chi connectivity index (χ2v) is 3.69. The second kappa shape index (κ2) is 2.92. The molecule has 0 spiro atoms. The first-order valence-corrected chi connectivity index (χ1v) is 4.98. The molecule has 0 amide bonds. The lowest BCUT2D eigenvalue weighted by Crippen LogP contribution is -1.77. The Labute approximate surface area is 84.0 Å². The zero-order chi connectivity index (χ0) is 9.38. The van der Waals surface area contributed by atoms with Crippen molar-refractivity contribution in [3.8, 4) is 10.6 Å². The summed E-state index contributed by atoms with van der Waals surface area (Å²) in [6, 6.07) is 5.78. The Morgan fingerprint density at radius 2 is 2.36 bits per heavy atom. The number of hydrogen-bond donors (Lipinski definition) is 0. The number of nitrogens with zero attached hydrogens (tertiary/aromatic N) is 2. The summed E-state index contributed by atoms with van der Waals surface area (Å²) >= 11 is 1.59. The van der Waals surface area contributed by atoms with E-state index in [0.29, 0.717) is 0 Å².